The molecule has 1 aromatic rings. The summed E-state index contributed by atoms with van der Waals surface area (Å²) in [6.45, 7) is 8.05. The first-order valence-corrected chi connectivity index (χ1v) is 17.2. The molecule has 268 valence electrons. The van der Waals surface area contributed by atoms with Gasteiger partial charge in [0.15, 0.2) is 11.7 Å². The van der Waals surface area contributed by atoms with Crippen molar-refractivity contribution >= 4 is 35.3 Å². The Morgan fingerprint density at radius 2 is 1.82 bits per heavy atom. The molecule has 5 rings (SSSR count). The average molecular weight is 684 g/mol. The zero-order valence-corrected chi connectivity index (χ0v) is 29.0. The van der Waals surface area contributed by atoms with E-state index in [1.54, 1.807) is 51.1 Å². The van der Waals surface area contributed by atoms with E-state index in [-0.39, 0.29) is 49.4 Å². The molecule has 1 unspecified atom stereocenters. The highest BCUT2D eigenvalue weighted by molar-refractivity contribution is 6.46. The summed E-state index contributed by atoms with van der Waals surface area (Å²) in [5, 5.41) is 12.8. The van der Waals surface area contributed by atoms with E-state index in [1.807, 2.05) is 6.92 Å². The van der Waals surface area contributed by atoms with Gasteiger partial charge in [0.2, 0.25) is 17.6 Å². The predicted molar refractivity (Wildman–Crippen MR) is 178 cm³/mol. The molecule has 1 saturated carbocycles. The largest absolute Gasteiger partial charge is 0.444 e. The van der Waals surface area contributed by atoms with Crippen LogP contribution in [0.3, 0.4) is 0 Å². The predicted octanol–water partition coefficient (Wildman–Crippen LogP) is 2.49. The number of benzene rings is 1. The molecule has 1 aromatic carbocycles. The van der Waals surface area contributed by atoms with Crippen molar-refractivity contribution in [1.29, 1.82) is 0 Å². The number of hydrogen-bond donors (Lipinski definition) is 3. The molecule has 0 bridgehead atoms. The third-order valence-electron chi connectivity index (χ3n) is 9.39. The van der Waals surface area contributed by atoms with Gasteiger partial charge < -0.3 is 39.9 Å². The van der Waals surface area contributed by atoms with E-state index in [9.17, 15) is 24.0 Å². The molecule has 0 aromatic heterocycles. The van der Waals surface area contributed by atoms with E-state index in [0.29, 0.717) is 31.4 Å². The molecule has 0 radical (unpaired) electrons. The number of likely N-dealkylation sites (tertiary alicyclic amines) is 1. The van der Waals surface area contributed by atoms with Gasteiger partial charge in [0.1, 0.15) is 23.9 Å². The molecule has 4 aliphatic rings. The number of hydrogen-bond acceptors (Lipinski definition) is 10. The summed E-state index contributed by atoms with van der Waals surface area (Å²) in [5.41, 5.74) is -1.31. The summed E-state index contributed by atoms with van der Waals surface area (Å²) in [6.07, 6.45) is 1.45. The molecule has 6 atom stereocenters. The molecule has 3 N–H and O–H groups in total. The minimum atomic E-state index is -1.16. The van der Waals surface area contributed by atoms with Crippen LogP contribution in [0.15, 0.2) is 35.5 Å². The van der Waals surface area contributed by atoms with Gasteiger partial charge in [-0.2, -0.15) is 0 Å². The Morgan fingerprint density at radius 3 is 2.43 bits per heavy atom. The first kappa shape index (κ1) is 36.2. The molecule has 3 heterocycles. The number of alkyl carbamates (subject to hydrolysis) is 1. The number of Topliss-reactive ketones (excluding diaryl/α,β-unsaturated/α-hetero) is 1. The quantitative estimate of drug-likeness (QED) is 0.264. The molecule has 49 heavy (non-hydrogen) atoms. The van der Waals surface area contributed by atoms with Gasteiger partial charge in [0.05, 0.1) is 25.8 Å². The number of carbonyl (C=O) groups excluding carboxylic acids is 5. The van der Waals surface area contributed by atoms with E-state index < -0.39 is 59.3 Å². The third-order valence-corrected chi connectivity index (χ3v) is 9.39. The SMILES string of the molecule is CCC[C@H](NC(=O)[C@@H]1C[C@]2(CC(C(=O)c3ccccc3)=NO2)CN1C(=O)[C@@H](NC(=O)O[C@H]1CCOC1)C(C)(C)C)C(OC)C(=O)NC1CC1. The number of ether oxygens (including phenoxy) is 3. The third kappa shape index (κ3) is 8.77. The second-order valence-electron chi connectivity index (χ2n) is 14.5. The Hall–Kier alpha value is -4.04. The van der Waals surface area contributed by atoms with Crippen molar-refractivity contribution in [2.75, 3.05) is 26.9 Å². The molecule has 4 amide bonds. The molecule has 1 aliphatic carbocycles. The van der Waals surface area contributed by atoms with E-state index in [4.69, 9.17) is 19.0 Å². The van der Waals surface area contributed by atoms with Crippen LogP contribution >= 0.6 is 0 Å². The van der Waals surface area contributed by atoms with E-state index in [1.165, 1.54) is 12.0 Å². The fourth-order valence-corrected chi connectivity index (χ4v) is 6.58. The van der Waals surface area contributed by atoms with Crippen LogP contribution in [-0.2, 0) is 33.4 Å². The zero-order chi connectivity index (χ0) is 35.3. The summed E-state index contributed by atoms with van der Waals surface area (Å²) in [6, 6.07) is 5.97. The molecule has 2 saturated heterocycles. The first-order valence-electron chi connectivity index (χ1n) is 17.2. The first-order chi connectivity index (χ1) is 23.3. The number of amides is 4. The normalized spacial score (nSPS) is 25.2. The smallest absolute Gasteiger partial charge is 0.408 e. The molecular weight excluding hydrogens is 634 g/mol. The van der Waals surface area contributed by atoms with E-state index >= 15 is 0 Å². The lowest BCUT2D eigenvalue weighted by Crippen LogP contribution is -2.60. The number of nitrogens with one attached hydrogen (secondary N) is 3. The highest BCUT2D eigenvalue weighted by Crippen LogP contribution is 2.39. The van der Waals surface area contributed by atoms with Crippen LogP contribution in [0.4, 0.5) is 4.79 Å². The second-order valence-corrected chi connectivity index (χ2v) is 14.5. The number of oxime groups is 1. The Balaban J connectivity index is 1.39. The maximum Gasteiger partial charge on any atom is 0.408 e. The van der Waals surface area contributed by atoms with E-state index in [2.05, 4.69) is 21.1 Å². The van der Waals surface area contributed by atoms with Gasteiger partial charge in [0, 0.05) is 38.0 Å². The Morgan fingerprint density at radius 1 is 1.08 bits per heavy atom. The minimum absolute atomic E-state index is 0.0329. The monoisotopic (exact) mass is 683 g/mol. The molecule has 14 nitrogen and oxygen atoms in total. The second kappa shape index (κ2) is 15.2. The van der Waals surface area contributed by atoms with Gasteiger partial charge in [-0.05, 0) is 24.7 Å². The van der Waals surface area contributed by atoms with Crippen molar-refractivity contribution in [3.63, 3.8) is 0 Å². The molecule has 3 fully saturated rings. The standard InChI is InChI=1S/C35H49N5O9/c1-6-10-24(28(46-5)31(43)36-22-13-14-22)37-30(42)26-18-35(17-25(39-49-35)27(41)21-11-8-7-9-12-21)20-40(26)32(44)29(34(2,3)4)38-33(45)48-23-15-16-47-19-23/h7-9,11-12,22-24,26,28-29H,6,10,13-20H2,1-5H3,(H,36,43)(H,37,42)(H,38,45)/t23-,24-,26-,28?,29+,35+/m0/s1. The Bertz CT molecular complexity index is 1420. The lowest BCUT2D eigenvalue weighted by Gasteiger charge is -2.36. The molecule has 14 heteroatoms. The molecule has 3 aliphatic heterocycles. The van der Waals surface area contributed by atoms with Gasteiger partial charge in [0.25, 0.3) is 5.91 Å². The summed E-state index contributed by atoms with van der Waals surface area (Å²) in [7, 11) is 1.43. The zero-order valence-electron chi connectivity index (χ0n) is 29.0. The van der Waals surface area contributed by atoms with Crippen LogP contribution in [-0.4, -0.2) is 109 Å². The number of rotatable bonds is 13. The number of carbonyl (C=O) groups is 5. The lowest BCUT2D eigenvalue weighted by atomic mass is 9.85. The number of methoxy groups -OCH3 is 1. The maximum atomic E-state index is 14.5. The van der Waals surface area contributed by atoms with Crippen LogP contribution in [0.1, 0.15) is 83.0 Å². The van der Waals surface area contributed by atoms with Crippen molar-refractivity contribution in [3.8, 4) is 0 Å². The molecule has 1 spiro atoms. The van der Waals surface area contributed by atoms with Gasteiger partial charge in [-0.3, -0.25) is 19.2 Å². The number of nitrogens with zero attached hydrogens (tertiary/aromatic N) is 2. The van der Waals surface area contributed by atoms with Crippen LogP contribution in [0.2, 0.25) is 0 Å². The van der Waals surface area contributed by atoms with Gasteiger partial charge in [-0.15, -0.1) is 0 Å². The average Bonchev–Trinajstić information content (AvgIpc) is 3.41. The van der Waals surface area contributed by atoms with Crippen LogP contribution in [0.5, 0.6) is 0 Å². The van der Waals surface area contributed by atoms with Crippen molar-refractivity contribution in [3.05, 3.63) is 35.9 Å². The highest BCUT2D eigenvalue weighted by atomic mass is 16.7. The molecular formula is C35H49N5O9. The van der Waals surface area contributed by atoms with Crippen LogP contribution < -0.4 is 16.0 Å². The fourth-order valence-electron chi connectivity index (χ4n) is 6.58. The maximum absolute atomic E-state index is 14.5. The van der Waals surface area contributed by atoms with Crippen molar-refractivity contribution in [2.45, 2.75) is 115 Å². The minimum Gasteiger partial charge on any atom is -0.444 e. The fraction of sp³-hybridized carbons (Fsp3) is 0.657. The summed E-state index contributed by atoms with van der Waals surface area (Å²) in [4.78, 5) is 75.5. The van der Waals surface area contributed by atoms with Gasteiger partial charge in [-0.1, -0.05) is 69.6 Å². The lowest BCUT2D eigenvalue weighted by molar-refractivity contribution is -0.143. The van der Waals surface area contributed by atoms with E-state index in [0.717, 1.165) is 12.8 Å². The highest BCUT2D eigenvalue weighted by Gasteiger charge is 2.56. The van der Waals surface area contributed by atoms with Crippen LogP contribution in [0.25, 0.3) is 0 Å². The Kier molecular flexibility index (Phi) is 11.3. The topological polar surface area (TPSA) is 174 Å². The summed E-state index contributed by atoms with van der Waals surface area (Å²) in [5.74, 6) is -1.63. The van der Waals surface area contributed by atoms with Crippen LogP contribution in [0, 0.1) is 5.41 Å². The summed E-state index contributed by atoms with van der Waals surface area (Å²) < 4.78 is 16.4. The van der Waals surface area contributed by atoms with Crippen molar-refractivity contribution < 1.29 is 43.0 Å². The van der Waals surface area contributed by atoms with Crippen molar-refractivity contribution in [1.82, 2.24) is 20.9 Å². The van der Waals surface area contributed by atoms with Gasteiger partial charge >= 0.3 is 6.09 Å². The van der Waals surface area contributed by atoms with Gasteiger partial charge in [-0.25, -0.2) is 4.79 Å². The summed E-state index contributed by atoms with van der Waals surface area (Å²) >= 11 is 0. The Labute approximate surface area is 287 Å². The van der Waals surface area contributed by atoms with Crippen molar-refractivity contribution in [2.24, 2.45) is 10.6 Å². The number of ketones is 1.